The van der Waals surface area contributed by atoms with Crippen molar-refractivity contribution < 1.29 is 4.79 Å². The molecule has 4 nitrogen and oxygen atoms in total. The van der Waals surface area contributed by atoms with Crippen LogP contribution in [0.3, 0.4) is 0 Å². The lowest BCUT2D eigenvalue weighted by atomic mass is 9.76. The summed E-state index contributed by atoms with van der Waals surface area (Å²) in [5.74, 6) is 0.672. The zero-order valence-corrected chi connectivity index (χ0v) is 19.7. The van der Waals surface area contributed by atoms with Gasteiger partial charge in [0.15, 0.2) is 11.5 Å². The van der Waals surface area contributed by atoms with E-state index >= 15 is 0 Å². The first-order valence-electron chi connectivity index (χ1n) is 11.9. The average molecular weight is 448 g/mol. The molecule has 1 aromatic heterocycles. The van der Waals surface area contributed by atoms with Gasteiger partial charge in [-0.2, -0.15) is 5.26 Å². The number of unbranched alkanes of at least 4 members (excludes halogenated alkanes) is 1. The number of nitriles is 1. The van der Waals surface area contributed by atoms with Crippen molar-refractivity contribution in [3.8, 4) is 6.07 Å². The standard InChI is InChI=1S/C30H29N3O/c1-3-5-21-28-32-26(22-31)29(27(34)4-2)33(28)30(23-15-9-6-10-16-23,24-17-11-7-12-18-24)25-19-13-8-14-20-25/h6-20H,3-5,21H2,1-2H3. The summed E-state index contributed by atoms with van der Waals surface area (Å²) in [7, 11) is 0. The molecule has 0 aliphatic rings. The normalized spacial score (nSPS) is 11.2. The number of rotatable bonds is 9. The molecule has 0 radical (unpaired) electrons. The third-order valence-corrected chi connectivity index (χ3v) is 6.30. The molecule has 0 aliphatic carbocycles. The molecule has 4 aromatic rings. The maximum Gasteiger partial charge on any atom is 0.182 e. The van der Waals surface area contributed by atoms with E-state index in [1.807, 2.05) is 61.5 Å². The Bertz CT molecular complexity index is 1190. The fraction of sp³-hybridized carbons (Fsp3) is 0.233. The topological polar surface area (TPSA) is 58.7 Å². The van der Waals surface area contributed by atoms with E-state index in [9.17, 15) is 10.1 Å². The van der Waals surface area contributed by atoms with Gasteiger partial charge in [0.25, 0.3) is 0 Å². The molecule has 0 aliphatic heterocycles. The fourth-order valence-corrected chi connectivity index (χ4v) is 4.76. The third-order valence-electron chi connectivity index (χ3n) is 6.30. The Morgan fingerprint density at radius 1 is 0.853 bits per heavy atom. The maximum absolute atomic E-state index is 13.4. The first-order chi connectivity index (χ1) is 16.7. The Labute approximate surface area is 201 Å². The van der Waals surface area contributed by atoms with Gasteiger partial charge >= 0.3 is 0 Å². The lowest BCUT2D eigenvalue weighted by Crippen LogP contribution is -2.41. The van der Waals surface area contributed by atoms with Crippen molar-refractivity contribution in [3.63, 3.8) is 0 Å². The second-order valence-electron chi connectivity index (χ2n) is 8.36. The van der Waals surface area contributed by atoms with Crippen LogP contribution in [0.15, 0.2) is 91.0 Å². The molecule has 1 heterocycles. The SMILES string of the molecule is CCCCc1nc(C#N)c(C(=O)CC)n1C(c1ccccc1)(c1ccccc1)c1ccccc1. The van der Waals surface area contributed by atoms with Crippen LogP contribution in [0.1, 0.15) is 71.8 Å². The van der Waals surface area contributed by atoms with Crippen molar-refractivity contribution in [2.75, 3.05) is 0 Å². The van der Waals surface area contributed by atoms with Gasteiger partial charge in [-0.25, -0.2) is 4.98 Å². The van der Waals surface area contributed by atoms with Crippen molar-refractivity contribution in [2.24, 2.45) is 0 Å². The summed E-state index contributed by atoms with van der Waals surface area (Å²) in [6.07, 6.45) is 2.87. The van der Waals surface area contributed by atoms with Crippen LogP contribution in [0.5, 0.6) is 0 Å². The Morgan fingerprint density at radius 3 is 1.71 bits per heavy atom. The molecule has 0 bridgehead atoms. The van der Waals surface area contributed by atoms with Crippen molar-refractivity contribution in [3.05, 3.63) is 125 Å². The van der Waals surface area contributed by atoms with E-state index in [0.29, 0.717) is 18.5 Å². The molecule has 0 spiro atoms. The highest BCUT2D eigenvalue weighted by atomic mass is 16.1. The molecule has 4 heteroatoms. The minimum atomic E-state index is -0.866. The van der Waals surface area contributed by atoms with Crippen LogP contribution >= 0.6 is 0 Å². The summed E-state index contributed by atoms with van der Waals surface area (Å²) in [6.45, 7) is 3.97. The van der Waals surface area contributed by atoms with Crippen LogP contribution in [0.25, 0.3) is 0 Å². The summed E-state index contributed by atoms with van der Waals surface area (Å²) < 4.78 is 2.06. The first kappa shape index (κ1) is 23.2. The van der Waals surface area contributed by atoms with Gasteiger partial charge in [-0.1, -0.05) is 111 Å². The lowest BCUT2D eigenvalue weighted by Gasteiger charge is -2.39. The number of carbonyl (C=O) groups is 1. The highest BCUT2D eigenvalue weighted by Crippen LogP contribution is 2.43. The van der Waals surface area contributed by atoms with Gasteiger partial charge in [-0.3, -0.25) is 4.79 Å². The molecule has 0 saturated heterocycles. The van der Waals surface area contributed by atoms with Crippen molar-refractivity contribution >= 4 is 5.78 Å². The van der Waals surface area contributed by atoms with Crippen LogP contribution in [0.2, 0.25) is 0 Å². The van der Waals surface area contributed by atoms with E-state index in [2.05, 4.69) is 54.0 Å². The second-order valence-corrected chi connectivity index (χ2v) is 8.36. The third kappa shape index (κ3) is 3.95. The predicted molar refractivity (Wildman–Crippen MR) is 135 cm³/mol. The largest absolute Gasteiger partial charge is 0.306 e. The van der Waals surface area contributed by atoms with Crippen LogP contribution in [0, 0.1) is 11.3 Å². The number of hydrogen-bond acceptors (Lipinski definition) is 3. The van der Waals surface area contributed by atoms with E-state index in [0.717, 1.165) is 35.4 Å². The van der Waals surface area contributed by atoms with Gasteiger partial charge in [0.1, 0.15) is 23.1 Å². The smallest absolute Gasteiger partial charge is 0.182 e. The highest BCUT2D eigenvalue weighted by molar-refractivity contribution is 5.96. The minimum absolute atomic E-state index is 0.0843. The Kier molecular flexibility index (Phi) is 7.04. The van der Waals surface area contributed by atoms with Gasteiger partial charge < -0.3 is 4.57 Å². The van der Waals surface area contributed by atoms with Gasteiger partial charge in [0.05, 0.1) is 0 Å². The predicted octanol–water partition coefficient (Wildman–Crippen LogP) is 6.53. The lowest BCUT2D eigenvalue weighted by molar-refractivity contribution is 0.0976. The summed E-state index contributed by atoms with van der Waals surface area (Å²) in [6, 6.07) is 32.9. The monoisotopic (exact) mass is 447 g/mol. The van der Waals surface area contributed by atoms with Crippen LogP contribution < -0.4 is 0 Å². The Hall–Kier alpha value is -3.97. The van der Waals surface area contributed by atoms with E-state index in [4.69, 9.17) is 4.98 Å². The van der Waals surface area contributed by atoms with Crippen molar-refractivity contribution in [2.45, 2.75) is 45.1 Å². The average Bonchev–Trinajstić information content (AvgIpc) is 3.28. The maximum atomic E-state index is 13.4. The number of carbonyl (C=O) groups excluding carboxylic acids is 1. The molecule has 0 fully saturated rings. The first-order valence-corrected chi connectivity index (χ1v) is 11.9. The number of aryl methyl sites for hydroxylation is 1. The van der Waals surface area contributed by atoms with E-state index in [1.165, 1.54) is 0 Å². The minimum Gasteiger partial charge on any atom is -0.306 e. The molecule has 4 rings (SSSR count). The molecule has 0 N–H and O–H groups in total. The number of Topliss-reactive ketones (excluding diaryl/α,β-unsaturated/α-hetero) is 1. The molecular formula is C30H29N3O. The summed E-state index contributed by atoms with van der Waals surface area (Å²) in [4.78, 5) is 18.2. The number of nitrogens with zero attached hydrogens (tertiary/aromatic N) is 3. The molecule has 0 amide bonds. The Morgan fingerprint density at radius 2 is 1.32 bits per heavy atom. The zero-order valence-electron chi connectivity index (χ0n) is 19.7. The summed E-state index contributed by atoms with van der Waals surface area (Å²) in [5, 5.41) is 10.0. The number of imidazole rings is 1. The summed E-state index contributed by atoms with van der Waals surface area (Å²) in [5.41, 5.74) is 2.75. The number of hydrogen-bond donors (Lipinski definition) is 0. The number of ketones is 1. The van der Waals surface area contributed by atoms with Gasteiger partial charge in [0.2, 0.25) is 0 Å². The molecular weight excluding hydrogens is 418 g/mol. The molecule has 34 heavy (non-hydrogen) atoms. The van der Waals surface area contributed by atoms with Crippen LogP contribution in [0.4, 0.5) is 0 Å². The number of benzene rings is 3. The van der Waals surface area contributed by atoms with E-state index in [1.54, 1.807) is 0 Å². The molecule has 0 unspecified atom stereocenters. The molecule has 3 aromatic carbocycles. The molecule has 0 saturated carbocycles. The second kappa shape index (κ2) is 10.3. The van der Waals surface area contributed by atoms with Crippen LogP contribution in [-0.2, 0) is 12.0 Å². The van der Waals surface area contributed by atoms with Gasteiger partial charge in [-0.15, -0.1) is 0 Å². The van der Waals surface area contributed by atoms with Crippen molar-refractivity contribution in [1.29, 1.82) is 5.26 Å². The highest BCUT2D eigenvalue weighted by Gasteiger charge is 2.43. The van der Waals surface area contributed by atoms with Gasteiger partial charge in [0, 0.05) is 12.8 Å². The quantitative estimate of drug-likeness (QED) is 0.216. The number of aromatic nitrogens is 2. The zero-order chi connectivity index (χ0) is 24.0. The van der Waals surface area contributed by atoms with Gasteiger partial charge in [-0.05, 0) is 23.1 Å². The van der Waals surface area contributed by atoms with E-state index in [-0.39, 0.29) is 11.5 Å². The summed E-state index contributed by atoms with van der Waals surface area (Å²) >= 11 is 0. The van der Waals surface area contributed by atoms with Crippen LogP contribution in [-0.4, -0.2) is 15.3 Å². The molecule has 170 valence electrons. The van der Waals surface area contributed by atoms with E-state index < -0.39 is 5.54 Å². The molecule has 0 atom stereocenters. The Balaban J connectivity index is 2.24. The van der Waals surface area contributed by atoms with Crippen molar-refractivity contribution in [1.82, 2.24) is 9.55 Å². The fourth-order valence-electron chi connectivity index (χ4n) is 4.76.